The highest BCUT2D eigenvalue weighted by Gasteiger charge is 2.57. The molecular formula is C33H44N2O7. The van der Waals surface area contributed by atoms with Crippen LogP contribution < -0.4 is 18.9 Å². The normalized spacial score (nSPS) is 25.3. The van der Waals surface area contributed by atoms with Crippen molar-refractivity contribution in [3.8, 4) is 23.0 Å². The molecule has 1 spiro atoms. The highest BCUT2D eigenvalue weighted by atomic mass is 16.5. The van der Waals surface area contributed by atoms with E-state index in [-0.39, 0.29) is 29.8 Å². The number of carbonyl (C=O) groups is 2. The average molecular weight is 581 g/mol. The Morgan fingerprint density at radius 1 is 0.881 bits per heavy atom. The van der Waals surface area contributed by atoms with Crippen molar-refractivity contribution in [1.82, 2.24) is 9.80 Å². The van der Waals surface area contributed by atoms with E-state index in [1.165, 1.54) is 5.56 Å². The Bertz CT molecular complexity index is 1340. The lowest BCUT2D eigenvalue weighted by atomic mass is 9.58. The van der Waals surface area contributed by atoms with Gasteiger partial charge in [0.15, 0.2) is 23.0 Å². The minimum atomic E-state index is -0.664. The van der Waals surface area contributed by atoms with Gasteiger partial charge in [-0.15, -0.1) is 0 Å². The fraction of sp³-hybridized carbons (Fsp3) is 0.576. The van der Waals surface area contributed by atoms with Gasteiger partial charge in [0.05, 0.1) is 46.5 Å². The van der Waals surface area contributed by atoms with Crippen molar-refractivity contribution in [3.63, 3.8) is 0 Å². The van der Waals surface area contributed by atoms with Gasteiger partial charge in [0, 0.05) is 32.0 Å². The van der Waals surface area contributed by atoms with E-state index < -0.39 is 5.54 Å². The Labute approximate surface area is 249 Å². The number of methoxy groups -OCH3 is 4. The molecule has 0 aromatic heterocycles. The van der Waals surface area contributed by atoms with Crippen molar-refractivity contribution in [2.75, 3.05) is 55.2 Å². The maximum Gasteiger partial charge on any atom is 0.308 e. The smallest absolute Gasteiger partial charge is 0.308 e. The van der Waals surface area contributed by atoms with Crippen LogP contribution in [0, 0.1) is 11.8 Å². The van der Waals surface area contributed by atoms with Gasteiger partial charge < -0.3 is 28.6 Å². The van der Waals surface area contributed by atoms with Gasteiger partial charge in [-0.1, -0.05) is 0 Å². The van der Waals surface area contributed by atoms with Gasteiger partial charge in [0.1, 0.15) is 0 Å². The van der Waals surface area contributed by atoms with E-state index in [9.17, 15) is 9.59 Å². The Morgan fingerprint density at radius 3 is 2.10 bits per heavy atom. The summed E-state index contributed by atoms with van der Waals surface area (Å²) in [5, 5.41) is 0. The molecule has 9 nitrogen and oxygen atoms in total. The number of carbonyl (C=O) groups excluding carboxylic acids is 2. The van der Waals surface area contributed by atoms with Gasteiger partial charge in [-0.3, -0.25) is 14.5 Å². The summed E-state index contributed by atoms with van der Waals surface area (Å²) in [6, 6.07) is 8.21. The Kier molecular flexibility index (Phi) is 8.60. The van der Waals surface area contributed by atoms with Crippen LogP contribution in [0.25, 0.3) is 0 Å². The summed E-state index contributed by atoms with van der Waals surface area (Å²) in [5.74, 6) is 2.16. The zero-order valence-corrected chi connectivity index (χ0v) is 26.0. The number of nitrogens with zero attached hydrogens (tertiary/aromatic N) is 2. The number of hydrogen-bond donors (Lipinski definition) is 0. The van der Waals surface area contributed by atoms with Crippen LogP contribution in [0.4, 0.5) is 0 Å². The van der Waals surface area contributed by atoms with E-state index in [0.717, 1.165) is 29.7 Å². The monoisotopic (exact) mass is 580 g/mol. The maximum absolute atomic E-state index is 13.5. The molecule has 2 heterocycles. The van der Waals surface area contributed by atoms with Crippen LogP contribution in [0.3, 0.4) is 0 Å². The van der Waals surface area contributed by atoms with E-state index in [1.54, 1.807) is 35.4 Å². The van der Waals surface area contributed by atoms with Gasteiger partial charge in [-0.05, 0) is 92.6 Å². The number of likely N-dealkylation sites (N-methyl/N-ethyl adjacent to an activating group) is 1. The molecule has 1 fully saturated rings. The van der Waals surface area contributed by atoms with Crippen molar-refractivity contribution in [3.05, 3.63) is 46.5 Å². The molecule has 0 saturated heterocycles. The quantitative estimate of drug-likeness (QED) is 0.442. The molecule has 3 aliphatic rings. The third kappa shape index (κ3) is 4.85. The van der Waals surface area contributed by atoms with Crippen molar-refractivity contribution in [2.45, 2.75) is 57.5 Å². The van der Waals surface area contributed by atoms with E-state index in [0.29, 0.717) is 61.8 Å². The predicted molar refractivity (Wildman–Crippen MR) is 158 cm³/mol. The van der Waals surface area contributed by atoms with Crippen molar-refractivity contribution in [1.29, 1.82) is 0 Å². The molecule has 1 saturated carbocycles. The standard InChI is InChI=1S/C33H44N2O7/c1-8-42-32(37)23-9-12-33(25-19-30(41-7)28(39-5)17-22(25)11-14-35(33)20(2)36)26(15-23)31-24-18-29(40-6)27(38-4)16-21(24)10-13-34(31)3/h16-19,23,26,31H,8-15H2,1-7H3. The Balaban J connectivity index is 1.77. The van der Waals surface area contributed by atoms with Crippen LogP contribution in [0.2, 0.25) is 0 Å². The molecular weight excluding hydrogens is 536 g/mol. The lowest BCUT2D eigenvalue weighted by Gasteiger charge is -2.59. The molecule has 228 valence electrons. The van der Waals surface area contributed by atoms with Gasteiger partial charge in [0.2, 0.25) is 5.91 Å². The minimum Gasteiger partial charge on any atom is -0.493 e. The summed E-state index contributed by atoms with van der Waals surface area (Å²) in [4.78, 5) is 31.3. The van der Waals surface area contributed by atoms with Crippen molar-refractivity contribution >= 4 is 11.9 Å². The fourth-order valence-corrected chi connectivity index (χ4v) is 7.91. The summed E-state index contributed by atoms with van der Waals surface area (Å²) in [5.41, 5.74) is 3.90. The number of ether oxygens (including phenoxy) is 5. The lowest BCUT2D eigenvalue weighted by Crippen LogP contribution is -2.62. The van der Waals surface area contributed by atoms with E-state index >= 15 is 0 Å². The van der Waals surface area contributed by atoms with Gasteiger partial charge in [-0.25, -0.2) is 0 Å². The van der Waals surface area contributed by atoms with Gasteiger partial charge >= 0.3 is 5.97 Å². The molecule has 0 radical (unpaired) electrons. The number of rotatable bonds is 7. The summed E-state index contributed by atoms with van der Waals surface area (Å²) < 4.78 is 28.5. The molecule has 4 atom stereocenters. The van der Waals surface area contributed by atoms with Gasteiger partial charge in [0.25, 0.3) is 0 Å². The maximum atomic E-state index is 13.5. The van der Waals surface area contributed by atoms with Crippen molar-refractivity contribution < 1.29 is 33.3 Å². The summed E-state index contributed by atoms with van der Waals surface area (Å²) in [6.45, 7) is 5.28. The highest BCUT2D eigenvalue weighted by Crippen LogP contribution is 2.58. The van der Waals surface area contributed by atoms with E-state index in [2.05, 4.69) is 41.1 Å². The summed E-state index contributed by atoms with van der Waals surface area (Å²) in [6.07, 6.45) is 3.42. The van der Waals surface area contributed by atoms with E-state index in [4.69, 9.17) is 23.7 Å². The summed E-state index contributed by atoms with van der Waals surface area (Å²) >= 11 is 0. The largest absolute Gasteiger partial charge is 0.493 e. The number of fused-ring (bicyclic) bond motifs is 3. The first-order chi connectivity index (χ1) is 20.2. The zero-order valence-electron chi connectivity index (χ0n) is 26.0. The number of benzene rings is 2. The minimum absolute atomic E-state index is 0.0287. The third-order valence-corrected chi connectivity index (χ3v) is 9.74. The Morgan fingerprint density at radius 2 is 1.48 bits per heavy atom. The predicted octanol–water partition coefficient (Wildman–Crippen LogP) is 4.53. The topological polar surface area (TPSA) is 86.8 Å². The number of amides is 1. The molecule has 9 heteroatoms. The molecule has 4 unspecified atom stereocenters. The second-order valence-electron chi connectivity index (χ2n) is 11.6. The van der Waals surface area contributed by atoms with Crippen LogP contribution in [0.5, 0.6) is 23.0 Å². The van der Waals surface area contributed by atoms with Crippen LogP contribution >= 0.6 is 0 Å². The van der Waals surface area contributed by atoms with Crippen LogP contribution in [-0.4, -0.2) is 76.9 Å². The second-order valence-corrected chi connectivity index (χ2v) is 11.6. The third-order valence-electron chi connectivity index (χ3n) is 9.74. The first kappa shape index (κ1) is 30.0. The SMILES string of the molecule is CCOC(=O)C1CCC2(c3cc(OC)c(OC)cc3CCN2C(C)=O)C(C2c3cc(OC)c(OC)cc3CCN2C)C1. The highest BCUT2D eigenvalue weighted by molar-refractivity contribution is 5.76. The molecule has 2 aromatic rings. The first-order valence-corrected chi connectivity index (χ1v) is 14.9. The number of esters is 1. The Hall–Kier alpha value is -3.46. The molecule has 1 amide bonds. The molecule has 2 aromatic carbocycles. The molecule has 42 heavy (non-hydrogen) atoms. The fourth-order valence-electron chi connectivity index (χ4n) is 7.91. The second kappa shape index (κ2) is 12.0. The molecule has 0 bridgehead atoms. The van der Waals surface area contributed by atoms with Crippen LogP contribution in [0.15, 0.2) is 24.3 Å². The molecule has 0 N–H and O–H groups in total. The lowest BCUT2D eigenvalue weighted by molar-refractivity contribution is -0.157. The molecule has 5 rings (SSSR count). The van der Waals surface area contributed by atoms with Gasteiger partial charge in [-0.2, -0.15) is 0 Å². The average Bonchev–Trinajstić information content (AvgIpc) is 3.00. The zero-order chi connectivity index (χ0) is 30.2. The first-order valence-electron chi connectivity index (χ1n) is 14.9. The van der Waals surface area contributed by atoms with Crippen LogP contribution in [-0.2, 0) is 32.7 Å². The summed E-state index contributed by atoms with van der Waals surface area (Å²) in [7, 11) is 8.74. The number of hydrogen-bond acceptors (Lipinski definition) is 8. The van der Waals surface area contributed by atoms with Crippen LogP contribution in [0.1, 0.15) is 61.4 Å². The molecule has 2 aliphatic heterocycles. The van der Waals surface area contributed by atoms with E-state index in [1.807, 2.05) is 6.92 Å². The molecule has 1 aliphatic carbocycles. The van der Waals surface area contributed by atoms with Crippen molar-refractivity contribution in [2.24, 2.45) is 11.8 Å².